The van der Waals surface area contributed by atoms with Crippen molar-refractivity contribution in [1.29, 1.82) is 0 Å². The van der Waals surface area contributed by atoms with Gasteiger partial charge in [-0.25, -0.2) is 0 Å². The molecule has 4 heteroatoms. The van der Waals surface area contributed by atoms with Gasteiger partial charge in [-0.05, 0) is 12.8 Å². The zero-order chi connectivity index (χ0) is 8.43. The lowest BCUT2D eigenvalue weighted by atomic mass is 9.83. The van der Waals surface area contributed by atoms with Crippen LogP contribution in [-0.2, 0) is 4.79 Å². The summed E-state index contributed by atoms with van der Waals surface area (Å²) < 4.78 is 0. The number of hydrogen-bond acceptors (Lipinski definition) is 3. The fourth-order valence-corrected chi connectivity index (χ4v) is 1.48. The molecule has 1 fully saturated rings. The molecule has 4 nitrogen and oxygen atoms in total. The minimum atomic E-state index is -0.937. The fraction of sp³-hybridized carbons (Fsp3) is 0.857. The third-order valence-electron chi connectivity index (χ3n) is 2.22. The summed E-state index contributed by atoms with van der Waals surface area (Å²) in [6.07, 6.45) is 1.21. The van der Waals surface area contributed by atoms with Gasteiger partial charge in [0.25, 0.3) is 0 Å². The maximum atomic E-state index is 10.5. The Morgan fingerprint density at radius 1 is 1.45 bits per heavy atom. The van der Waals surface area contributed by atoms with Gasteiger partial charge in [0.1, 0.15) is 0 Å². The highest BCUT2D eigenvalue weighted by Gasteiger charge is 2.34. The van der Waals surface area contributed by atoms with Crippen molar-refractivity contribution in [1.82, 2.24) is 0 Å². The van der Waals surface area contributed by atoms with E-state index < -0.39 is 18.0 Å². The Kier molecular flexibility index (Phi) is 2.46. The summed E-state index contributed by atoms with van der Waals surface area (Å²) in [5, 5.41) is 17.9. The van der Waals surface area contributed by atoms with Crippen LogP contribution in [-0.4, -0.2) is 28.3 Å². The summed E-state index contributed by atoms with van der Waals surface area (Å²) in [4.78, 5) is 10.5. The van der Waals surface area contributed by atoms with Gasteiger partial charge < -0.3 is 15.9 Å². The second-order valence-corrected chi connectivity index (χ2v) is 3.03. The largest absolute Gasteiger partial charge is 0.481 e. The van der Waals surface area contributed by atoms with Crippen LogP contribution in [0.1, 0.15) is 19.3 Å². The summed E-state index contributed by atoms with van der Waals surface area (Å²) in [5.74, 6) is -1.59. The first-order chi connectivity index (χ1) is 5.13. The zero-order valence-corrected chi connectivity index (χ0v) is 6.23. The van der Waals surface area contributed by atoms with E-state index in [1.54, 1.807) is 0 Å². The molecule has 0 radical (unpaired) electrons. The molecule has 0 heterocycles. The molecule has 3 atom stereocenters. The SMILES string of the molecule is N[C@H]1CCC[C@H](C(=O)O)[C@@H]1O. The van der Waals surface area contributed by atoms with Gasteiger partial charge in [0.2, 0.25) is 0 Å². The highest BCUT2D eigenvalue weighted by Crippen LogP contribution is 2.23. The normalized spacial score (nSPS) is 38.5. The maximum Gasteiger partial charge on any atom is 0.309 e. The molecular weight excluding hydrogens is 146 g/mol. The van der Waals surface area contributed by atoms with Crippen molar-refractivity contribution >= 4 is 5.97 Å². The van der Waals surface area contributed by atoms with Gasteiger partial charge >= 0.3 is 5.97 Å². The van der Waals surface area contributed by atoms with Gasteiger partial charge in [-0.3, -0.25) is 4.79 Å². The van der Waals surface area contributed by atoms with Crippen molar-refractivity contribution in [3.05, 3.63) is 0 Å². The van der Waals surface area contributed by atoms with Crippen molar-refractivity contribution in [2.45, 2.75) is 31.4 Å². The standard InChI is InChI=1S/C7H13NO3/c8-5-3-1-2-4(6(5)9)7(10)11/h4-6,9H,1-3,8H2,(H,10,11)/t4-,5-,6-/m0/s1. The lowest BCUT2D eigenvalue weighted by Gasteiger charge is -2.29. The molecule has 0 spiro atoms. The molecule has 1 saturated carbocycles. The minimum absolute atomic E-state index is 0.357. The molecule has 11 heavy (non-hydrogen) atoms. The third kappa shape index (κ3) is 1.70. The predicted molar refractivity (Wildman–Crippen MR) is 39.0 cm³/mol. The van der Waals surface area contributed by atoms with E-state index >= 15 is 0 Å². The number of aliphatic hydroxyl groups excluding tert-OH is 1. The first-order valence-electron chi connectivity index (χ1n) is 3.79. The Hall–Kier alpha value is -0.610. The topological polar surface area (TPSA) is 83.6 Å². The van der Waals surface area contributed by atoms with Crippen LogP contribution in [0, 0.1) is 5.92 Å². The van der Waals surface area contributed by atoms with Crippen molar-refractivity contribution in [3.63, 3.8) is 0 Å². The van der Waals surface area contributed by atoms with Crippen LogP contribution in [0.4, 0.5) is 0 Å². The van der Waals surface area contributed by atoms with Gasteiger partial charge in [-0.2, -0.15) is 0 Å². The Morgan fingerprint density at radius 2 is 2.09 bits per heavy atom. The Balaban J connectivity index is 2.58. The van der Waals surface area contributed by atoms with Crippen molar-refractivity contribution in [2.75, 3.05) is 0 Å². The summed E-state index contributed by atoms with van der Waals surface area (Å²) in [6.45, 7) is 0. The molecule has 0 aromatic heterocycles. The van der Waals surface area contributed by atoms with E-state index in [1.165, 1.54) is 0 Å². The Labute approximate surface area is 65.0 Å². The van der Waals surface area contributed by atoms with Crippen molar-refractivity contribution < 1.29 is 15.0 Å². The number of aliphatic hydroxyl groups is 1. The van der Waals surface area contributed by atoms with Gasteiger partial charge in [0, 0.05) is 6.04 Å². The number of rotatable bonds is 1. The third-order valence-corrected chi connectivity index (χ3v) is 2.22. The monoisotopic (exact) mass is 159 g/mol. The Bertz CT molecular complexity index is 160. The van der Waals surface area contributed by atoms with Crippen LogP contribution in [0.2, 0.25) is 0 Å². The van der Waals surface area contributed by atoms with E-state index in [9.17, 15) is 9.90 Å². The van der Waals surface area contributed by atoms with Gasteiger partial charge in [0.05, 0.1) is 12.0 Å². The molecule has 0 aliphatic heterocycles. The number of carboxylic acid groups (broad SMARTS) is 1. The number of aliphatic carboxylic acids is 1. The van der Waals surface area contributed by atoms with Crippen LogP contribution in [0.5, 0.6) is 0 Å². The van der Waals surface area contributed by atoms with Crippen molar-refractivity contribution in [2.24, 2.45) is 11.7 Å². The van der Waals surface area contributed by atoms with Crippen LogP contribution in [0.15, 0.2) is 0 Å². The number of nitrogens with two attached hydrogens (primary N) is 1. The fourth-order valence-electron chi connectivity index (χ4n) is 1.48. The summed E-state index contributed by atoms with van der Waals surface area (Å²) in [7, 11) is 0. The number of carbonyl (C=O) groups is 1. The molecule has 0 saturated heterocycles. The van der Waals surface area contributed by atoms with Crippen LogP contribution in [0.25, 0.3) is 0 Å². The van der Waals surface area contributed by atoms with Gasteiger partial charge in [-0.15, -0.1) is 0 Å². The summed E-state index contributed by atoms with van der Waals surface area (Å²) in [6, 6.07) is -0.357. The molecule has 0 aromatic carbocycles. The van der Waals surface area contributed by atoms with Crippen LogP contribution >= 0.6 is 0 Å². The minimum Gasteiger partial charge on any atom is -0.481 e. The van der Waals surface area contributed by atoms with Gasteiger partial charge in [0.15, 0.2) is 0 Å². The first-order valence-corrected chi connectivity index (χ1v) is 3.79. The smallest absolute Gasteiger partial charge is 0.309 e. The van der Waals surface area contributed by atoms with Gasteiger partial charge in [-0.1, -0.05) is 6.42 Å². The van der Waals surface area contributed by atoms with E-state index in [2.05, 4.69) is 0 Å². The number of carboxylic acids is 1. The lowest BCUT2D eigenvalue weighted by Crippen LogP contribution is -2.46. The Morgan fingerprint density at radius 3 is 2.55 bits per heavy atom. The molecular formula is C7H13NO3. The number of hydrogen-bond donors (Lipinski definition) is 3. The molecule has 0 amide bonds. The lowest BCUT2D eigenvalue weighted by molar-refractivity contribution is -0.147. The maximum absolute atomic E-state index is 10.5. The second kappa shape index (κ2) is 3.19. The molecule has 0 aromatic rings. The van der Waals surface area contributed by atoms with E-state index in [4.69, 9.17) is 10.8 Å². The zero-order valence-electron chi connectivity index (χ0n) is 6.23. The van der Waals surface area contributed by atoms with E-state index in [0.717, 1.165) is 12.8 Å². The highest BCUT2D eigenvalue weighted by molar-refractivity contribution is 5.70. The average Bonchev–Trinajstić information content (AvgIpc) is 1.94. The van der Waals surface area contributed by atoms with Crippen LogP contribution < -0.4 is 5.73 Å². The first kappa shape index (κ1) is 8.49. The molecule has 64 valence electrons. The summed E-state index contributed by atoms with van der Waals surface area (Å²) >= 11 is 0. The molecule has 4 N–H and O–H groups in total. The van der Waals surface area contributed by atoms with Crippen LogP contribution in [0.3, 0.4) is 0 Å². The predicted octanol–water partition coefficient (Wildman–Crippen LogP) is -0.441. The summed E-state index contributed by atoms with van der Waals surface area (Å²) in [5.41, 5.74) is 5.49. The van der Waals surface area contributed by atoms with E-state index in [1.807, 2.05) is 0 Å². The van der Waals surface area contributed by atoms with E-state index in [0.29, 0.717) is 6.42 Å². The highest BCUT2D eigenvalue weighted by atomic mass is 16.4. The average molecular weight is 159 g/mol. The van der Waals surface area contributed by atoms with E-state index in [-0.39, 0.29) is 6.04 Å². The molecule has 1 rings (SSSR count). The molecule has 0 unspecified atom stereocenters. The second-order valence-electron chi connectivity index (χ2n) is 3.03. The van der Waals surface area contributed by atoms with Crippen molar-refractivity contribution in [3.8, 4) is 0 Å². The molecule has 0 bridgehead atoms. The molecule has 1 aliphatic rings. The molecule has 1 aliphatic carbocycles. The quantitative estimate of drug-likeness (QED) is 0.484.